The van der Waals surface area contributed by atoms with Crippen LogP contribution in [0.2, 0.25) is 0 Å². The van der Waals surface area contributed by atoms with Gasteiger partial charge in [-0.15, -0.1) is 0 Å². The van der Waals surface area contributed by atoms with Gasteiger partial charge in [0.05, 0.1) is 24.6 Å². The first-order valence-electron chi connectivity index (χ1n) is 9.15. The maximum atomic E-state index is 11.8. The van der Waals surface area contributed by atoms with Crippen molar-refractivity contribution in [3.05, 3.63) is 40.7 Å². The first-order chi connectivity index (χ1) is 12.7. The van der Waals surface area contributed by atoms with Gasteiger partial charge in [-0.1, -0.05) is 0 Å². The lowest BCUT2D eigenvalue weighted by atomic mass is 10.2. The summed E-state index contributed by atoms with van der Waals surface area (Å²) in [6.45, 7) is 2.97. The van der Waals surface area contributed by atoms with Gasteiger partial charge in [0.1, 0.15) is 12.1 Å². The van der Waals surface area contributed by atoms with E-state index in [1.807, 2.05) is 0 Å². The number of aromatic nitrogens is 4. The lowest BCUT2D eigenvalue weighted by Gasteiger charge is -2.34. The molecule has 1 atom stereocenters. The maximum Gasteiger partial charge on any atom is 0.268 e. The highest BCUT2D eigenvalue weighted by Gasteiger charge is 2.25. The minimum atomic E-state index is -0.0950. The summed E-state index contributed by atoms with van der Waals surface area (Å²) in [6, 6.07) is 3.69. The van der Waals surface area contributed by atoms with Gasteiger partial charge in [-0.25, -0.2) is 14.6 Å². The monoisotopic (exact) mass is 356 g/mol. The summed E-state index contributed by atoms with van der Waals surface area (Å²) < 4.78 is 7.21. The molecule has 2 aromatic heterocycles. The highest BCUT2D eigenvalue weighted by atomic mass is 16.5. The standard InChI is InChI=1S/C18H24N6O2/c1-23-18(25)8-14(10-22-23)24-6-7-26-15(11-24)4-5-19-17-9-16(13-2-3-13)20-12-21-17/h8-10,12-13,15H,2-7,11H2,1H3,(H,19,20,21)/t15-/m1/s1. The Hall–Kier alpha value is -2.48. The summed E-state index contributed by atoms with van der Waals surface area (Å²) in [4.78, 5) is 22.6. The fourth-order valence-corrected chi connectivity index (χ4v) is 3.19. The second kappa shape index (κ2) is 7.41. The number of nitrogens with zero attached hydrogens (tertiary/aromatic N) is 5. The topological polar surface area (TPSA) is 85.2 Å². The van der Waals surface area contributed by atoms with E-state index in [0.717, 1.165) is 43.3 Å². The number of hydrogen-bond acceptors (Lipinski definition) is 7. The molecule has 3 heterocycles. The van der Waals surface area contributed by atoms with Gasteiger partial charge < -0.3 is 15.0 Å². The van der Waals surface area contributed by atoms with Gasteiger partial charge in [0.25, 0.3) is 5.56 Å². The molecule has 1 aliphatic heterocycles. The molecule has 0 aromatic carbocycles. The van der Waals surface area contributed by atoms with Crippen LogP contribution in [0.1, 0.15) is 30.9 Å². The van der Waals surface area contributed by atoms with Crippen LogP contribution in [-0.4, -0.2) is 52.1 Å². The van der Waals surface area contributed by atoms with Crippen molar-refractivity contribution in [1.82, 2.24) is 19.7 Å². The van der Waals surface area contributed by atoms with Crippen molar-refractivity contribution in [1.29, 1.82) is 0 Å². The summed E-state index contributed by atoms with van der Waals surface area (Å²) >= 11 is 0. The summed E-state index contributed by atoms with van der Waals surface area (Å²) in [6.07, 6.45) is 6.83. The number of ether oxygens (including phenoxy) is 1. The quantitative estimate of drug-likeness (QED) is 0.831. The Morgan fingerprint density at radius 2 is 2.19 bits per heavy atom. The molecule has 138 valence electrons. The molecule has 1 saturated carbocycles. The average molecular weight is 356 g/mol. The van der Waals surface area contributed by atoms with Crippen molar-refractivity contribution < 1.29 is 4.74 Å². The molecule has 26 heavy (non-hydrogen) atoms. The van der Waals surface area contributed by atoms with Crippen molar-refractivity contribution in [2.24, 2.45) is 7.05 Å². The van der Waals surface area contributed by atoms with Gasteiger partial charge in [0.15, 0.2) is 0 Å². The molecular formula is C18H24N6O2. The molecule has 2 fully saturated rings. The zero-order valence-electron chi connectivity index (χ0n) is 15.0. The highest BCUT2D eigenvalue weighted by Crippen LogP contribution is 2.39. The van der Waals surface area contributed by atoms with Gasteiger partial charge in [-0.2, -0.15) is 5.10 Å². The number of morpholine rings is 1. The molecular weight excluding hydrogens is 332 g/mol. The number of nitrogens with one attached hydrogen (secondary N) is 1. The van der Waals surface area contributed by atoms with E-state index in [-0.39, 0.29) is 11.7 Å². The Bertz CT molecular complexity index is 819. The molecule has 1 N–H and O–H groups in total. The van der Waals surface area contributed by atoms with E-state index in [1.165, 1.54) is 17.5 Å². The minimum absolute atomic E-state index is 0.0950. The Balaban J connectivity index is 1.30. The second-order valence-electron chi connectivity index (χ2n) is 6.93. The fraction of sp³-hybridized carbons (Fsp3) is 0.556. The molecule has 2 aromatic rings. The molecule has 0 amide bonds. The summed E-state index contributed by atoms with van der Waals surface area (Å²) in [5, 5.41) is 7.47. The van der Waals surface area contributed by atoms with E-state index in [0.29, 0.717) is 12.5 Å². The molecule has 4 rings (SSSR count). The van der Waals surface area contributed by atoms with Crippen molar-refractivity contribution >= 4 is 11.5 Å². The molecule has 0 spiro atoms. The SMILES string of the molecule is Cn1ncc(N2CCO[C@H](CCNc3cc(C4CC4)ncn3)C2)cc1=O. The fourth-order valence-electron chi connectivity index (χ4n) is 3.19. The summed E-state index contributed by atoms with van der Waals surface area (Å²) in [7, 11) is 1.65. The third-order valence-corrected chi connectivity index (χ3v) is 4.91. The zero-order valence-corrected chi connectivity index (χ0v) is 15.0. The predicted molar refractivity (Wildman–Crippen MR) is 98.5 cm³/mol. The molecule has 1 aliphatic carbocycles. The van der Waals surface area contributed by atoms with Crippen LogP contribution in [-0.2, 0) is 11.8 Å². The molecule has 0 bridgehead atoms. The third kappa shape index (κ3) is 4.01. The van der Waals surface area contributed by atoms with Crippen LogP contribution >= 0.6 is 0 Å². The number of aryl methyl sites for hydroxylation is 1. The average Bonchev–Trinajstić information content (AvgIpc) is 3.50. The Morgan fingerprint density at radius 3 is 3.00 bits per heavy atom. The van der Waals surface area contributed by atoms with E-state index in [9.17, 15) is 4.79 Å². The molecule has 0 unspecified atom stereocenters. The Morgan fingerprint density at radius 1 is 1.31 bits per heavy atom. The van der Waals surface area contributed by atoms with E-state index < -0.39 is 0 Å². The summed E-state index contributed by atoms with van der Waals surface area (Å²) in [5.41, 5.74) is 1.91. The van der Waals surface area contributed by atoms with Gasteiger partial charge in [-0.05, 0) is 19.3 Å². The largest absolute Gasteiger partial charge is 0.374 e. The smallest absolute Gasteiger partial charge is 0.268 e. The van der Waals surface area contributed by atoms with Crippen LogP contribution in [0.15, 0.2) is 29.5 Å². The normalized spacial score (nSPS) is 20.2. The predicted octanol–water partition coefficient (Wildman–Crippen LogP) is 1.16. The van der Waals surface area contributed by atoms with Gasteiger partial charge in [0, 0.05) is 50.4 Å². The van der Waals surface area contributed by atoms with Gasteiger partial charge in [0.2, 0.25) is 0 Å². The van der Waals surface area contributed by atoms with Crippen LogP contribution < -0.4 is 15.8 Å². The van der Waals surface area contributed by atoms with E-state index >= 15 is 0 Å². The van der Waals surface area contributed by atoms with Gasteiger partial charge >= 0.3 is 0 Å². The molecule has 8 nitrogen and oxygen atoms in total. The van der Waals surface area contributed by atoms with Gasteiger partial charge in [-0.3, -0.25) is 4.79 Å². The molecule has 1 saturated heterocycles. The zero-order chi connectivity index (χ0) is 17.9. The number of anilines is 2. The first kappa shape index (κ1) is 17.0. The van der Waals surface area contributed by atoms with Crippen LogP contribution in [0.25, 0.3) is 0 Å². The van der Waals surface area contributed by atoms with Crippen molar-refractivity contribution in [3.8, 4) is 0 Å². The molecule has 8 heteroatoms. The Kier molecular flexibility index (Phi) is 4.83. The molecule has 2 aliphatic rings. The van der Waals surface area contributed by atoms with E-state index in [1.54, 1.807) is 25.6 Å². The first-order valence-corrected chi connectivity index (χ1v) is 9.15. The van der Waals surface area contributed by atoms with Crippen LogP contribution in [0.4, 0.5) is 11.5 Å². The van der Waals surface area contributed by atoms with E-state index in [2.05, 4.69) is 31.3 Å². The Labute approximate surface area is 152 Å². The summed E-state index contributed by atoms with van der Waals surface area (Å²) in [5.74, 6) is 1.51. The lowest BCUT2D eigenvalue weighted by molar-refractivity contribution is 0.0374. The van der Waals surface area contributed by atoms with E-state index in [4.69, 9.17) is 4.74 Å². The van der Waals surface area contributed by atoms with Crippen molar-refractivity contribution in [2.75, 3.05) is 36.5 Å². The highest BCUT2D eigenvalue weighted by molar-refractivity contribution is 5.43. The third-order valence-electron chi connectivity index (χ3n) is 4.91. The molecule has 0 radical (unpaired) electrons. The van der Waals surface area contributed by atoms with Crippen LogP contribution in [0.3, 0.4) is 0 Å². The maximum absolute atomic E-state index is 11.8. The van der Waals surface area contributed by atoms with Crippen LogP contribution in [0.5, 0.6) is 0 Å². The van der Waals surface area contributed by atoms with Crippen molar-refractivity contribution in [2.45, 2.75) is 31.3 Å². The number of rotatable bonds is 6. The lowest BCUT2D eigenvalue weighted by Crippen LogP contribution is -2.43. The van der Waals surface area contributed by atoms with Crippen LogP contribution in [0, 0.1) is 0 Å². The second-order valence-corrected chi connectivity index (χ2v) is 6.93. The van der Waals surface area contributed by atoms with Crippen molar-refractivity contribution in [3.63, 3.8) is 0 Å². The number of hydrogen-bond donors (Lipinski definition) is 1. The minimum Gasteiger partial charge on any atom is -0.374 e.